The van der Waals surface area contributed by atoms with Crippen LogP contribution in [0.2, 0.25) is 0 Å². The second kappa shape index (κ2) is 32.0. The zero-order valence-electron chi connectivity index (χ0n) is 37.3. The molecule has 2 rings (SSSR count). The van der Waals surface area contributed by atoms with Crippen LogP contribution in [0.4, 0.5) is 9.59 Å². The molecule has 340 valence electrons. The molecule has 3 amide bonds. The molecule has 1 aliphatic rings. The topological polar surface area (TPSA) is 172 Å². The number of hydrogen-bond acceptors (Lipinski definition) is 10. The summed E-state index contributed by atoms with van der Waals surface area (Å²) in [5.41, 5.74) is 7.06. The molecule has 0 unspecified atom stereocenters. The number of imide groups is 1. The van der Waals surface area contributed by atoms with E-state index in [2.05, 4.69) is 13.8 Å². The van der Waals surface area contributed by atoms with Gasteiger partial charge in [-0.3, -0.25) is 9.69 Å². The standard InChI is InChI=1S/C47H83N3O9/c1-5-7-9-11-13-15-17-18-20-22-24-29-33-57-46(55)49(32-28-23-21-19-16-14-12-10-8-6-2)45-41(43(53)42(52)40(35-51)59-45)50(44(54)39(48)34-37(3)4)47(56)58-36-38-30-26-25-27-31-38/h25-27,30-31,37,39-43,45,51-53H,5-24,28-29,32-36,48H2,1-4H3/t39-,40+,41+,42+,43+,45+/m0/s1. The van der Waals surface area contributed by atoms with Gasteiger partial charge in [-0.25, -0.2) is 14.5 Å². The molecule has 1 aromatic carbocycles. The van der Waals surface area contributed by atoms with Crippen molar-refractivity contribution >= 4 is 18.1 Å². The summed E-state index contributed by atoms with van der Waals surface area (Å²) in [6, 6.07) is 6.16. The number of unbranched alkanes of at least 4 members (excludes halogenated alkanes) is 20. The number of carbonyl (C=O) groups excluding carboxylic acids is 3. The molecular weight excluding hydrogens is 751 g/mol. The molecule has 0 bridgehead atoms. The molecule has 6 atom stereocenters. The molecular formula is C47H83N3O9. The second-order valence-electron chi connectivity index (χ2n) is 17.1. The number of amides is 3. The van der Waals surface area contributed by atoms with Crippen molar-refractivity contribution in [1.29, 1.82) is 0 Å². The third-order valence-electron chi connectivity index (χ3n) is 11.4. The number of aliphatic hydroxyl groups is 3. The van der Waals surface area contributed by atoms with Crippen molar-refractivity contribution in [3.05, 3.63) is 35.9 Å². The molecule has 12 nitrogen and oxygen atoms in total. The number of ether oxygens (including phenoxy) is 3. The van der Waals surface area contributed by atoms with Crippen LogP contribution in [0.25, 0.3) is 0 Å². The Bertz CT molecular complexity index is 1240. The first kappa shape index (κ1) is 52.4. The zero-order valence-corrected chi connectivity index (χ0v) is 37.3. The van der Waals surface area contributed by atoms with E-state index in [9.17, 15) is 29.7 Å². The third kappa shape index (κ3) is 20.6. The summed E-state index contributed by atoms with van der Waals surface area (Å²) in [5.74, 6) is -0.847. The Morgan fingerprint density at radius 2 is 1.19 bits per heavy atom. The predicted molar refractivity (Wildman–Crippen MR) is 233 cm³/mol. The Morgan fingerprint density at radius 3 is 1.68 bits per heavy atom. The number of benzene rings is 1. The van der Waals surface area contributed by atoms with Crippen molar-refractivity contribution in [2.45, 2.75) is 219 Å². The van der Waals surface area contributed by atoms with Gasteiger partial charge in [0.25, 0.3) is 0 Å². The van der Waals surface area contributed by atoms with Gasteiger partial charge < -0.3 is 35.3 Å². The fourth-order valence-corrected chi connectivity index (χ4v) is 7.83. The number of aliphatic hydroxyl groups excluding tert-OH is 3. The van der Waals surface area contributed by atoms with Gasteiger partial charge in [-0.05, 0) is 30.7 Å². The van der Waals surface area contributed by atoms with Crippen LogP contribution in [-0.4, -0.2) is 99.6 Å². The minimum atomic E-state index is -1.82. The van der Waals surface area contributed by atoms with E-state index < -0.39 is 61.3 Å². The summed E-state index contributed by atoms with van der Waals surface area (Å²) in [5, 5.41) is 33.1. The molecule has 0 radical (unpaired) electrons. The van der Waals surface area contributed by atoms with E-state index in [0.29, 0.717) is 23.3 Å². The molecule has 0 spiro atoms. The van der Waals surface area contributed by atoms with Crippen LogP contribution in [0.15, 0.2) is 30.3 Å². The third-order valence-corrected chi connectivity index (χ3v) is 11.4. The fraction of sp³-hybridized carbons (Fsp3) is 0.809. The van der Waals surface area contributed by atoms with E-state index in [4.69, 9.17) is 19.9 Å². The lowest BCUT2D eigenvalue weighted by atomic mass is 9.93. The molecule has 0 aromatic heterocycles. The summed E-state index contributed by atoms with van der Waals surface area (Å²) in [7, 11) is 0. The zero-order chi connectivity index (χ0) is 43.3. The number of hydrogen-bond donors (Lipinski definition) is 4. The second-order valence-corrected chi connectivity index (χ2v) is 17.1. The van der Waals surface area contributed by atoms with Gasteiger partial charge in [0.2, 0.25) is 5.91 Å². The Balaban J connectivity index is 2.27. The molecule has 59 heavy (non-hydrogen) atoms. The average Bonchev–Trinajstić information content (AvgIpc) is 3.22. The minimum Gasteiger partial charge on any atom is -0.449 e. The van der Waals surface area contributed by atoms with Crippen LogP contribution in [0.5, 0.6) is 0 Å². The van der Waals surface area contributed by atoms with Gasteiger partial charge in [-0.15, -0.1) is 0 Å². The SMILES string of the molecule is CCCCCCCCCCCCCCOC(=O)N(CCCCCCCCCCCC)[C@@H]1O[C@H](CO)[C@@H](O)[C@H](O)[C@H]1N(C(=O)OCc1ccccc1)C(=O)[C@@H](N)CC(C)C. The van der Waals surface area contributed by atoms with Crippen LogP contribution >= 0.6 is 0 Å². The number of nitrogens with zero attached hydrogens (tertiary/aromatic N) is 2. The Hall–Kier alpha value is -2.77. The number of rotatable bonds is 32. The summed E-state index contributed by atoms with van der Waals surface area (Å²) < 4.78 is 17.7. The van der Waals surface area contributed by atoms with E-state index in [1.807, 2.05) is 19.9 Å². The number of nitrogens with two attached hydrogens (primary N) is 1. The van der Waals surface area contributed by atoms with Crippen LogP contribution in [0.1, 0.15) is 181 Å². The quantitative estimate of drug-likeness (QED) is 0.0513. The maximum atomic E-state index is 14.2. The average molecular weight is 834 g/mol. The van der Waals surface area contributed by atoms with Gasteiger partial charge in [0.15, 0.2) is 6.23 Å². The van der Waals surface area contributed by atoms with E-state index >= 15 is 0 Å². The van der Waals surface area contributed by atoms with Crippen LogP contribution in [0.3, 0.4) is 0 Å². The first-order chi connectivity index (χ1) is 28.6. The van der Waals surface area contributed by atoms with E-state index in [1.165, 1.54) is 88.4 Å². The van der Waals surface area contributed by atoms with Gasteiger partial charge in [-0.2, -0.15) is 0 Å². The lowest BCUT2D eigenvalue weighted by molar-refractivity contribution is -0.241. The lowest BCUT2D eigenvalue weighted by Gasteiger charge is -2.49. The highest BCUT2D eigenvalue weighted by atomic mass is 16.6. The van der Waals surface area contributed by atoms with Gasteiger partial charge >= 0.3 is 12.2 Å². The monoisotopic (exact) mass is 834 g/mol. The Kier molecular flexibility index (Phi) is 28.4. The molecule has 12 heteroatoms. The molecule has 1 fully saturated rings. The molecule has 0 aliphatic carbocycles. The van der Waals surface area contributed by atoms with Gasteiger partial charge in [0.05, 0.1) is 19.3 Å². The summed E-state index contributed by atoms with van der Waals surface area (Å²) >= 11 is 0. The molecule has 0 saturated carbocycles. The van der Waals surface area contributed by atoms with Crippen molar-refractivity contribution in [2.75, 3.05) is 19.8 Å². The van der Waals surface area contributed by atoms with Crippen LogP contribution in [0, 0.1) is 5.92 Å². The van der Waals surface area contributed by atoms with Crippen molar-refractivity contribution in [3.8, 4) is 0 Å². The van der Waals surface area contributed by atoms with Crippen molar-refractivity contribution in [3.63, 3.8) is 0 Å². The van der Waals surface area contributed by atoms with Crippen LogP contribution < -0.4 is 5.73 Å². The summed E-state index contributed by atoms with van der Waals surface area (Å²) in [4.78, 5) is 44.3. The maximum absolute atomic E-state index is 14.2. The minimum absolute atomic E-state index is 0.00744. The van der Waals surface area contributed by atoms with Crippen LogP contribution in [-0.2, 0) is 25.6 Å². The highest BCUT2D eigenvalue weighted by Gasteiger charge is 2.54. The largest absolute Gasteiger partial charge is 0.449 e. The lowest BCUT2D eigenvalue weighted by Crippen LogP contribution is -2.71. The molecule has 1 saturated heterocycles. The molecule has 1 aromatic rings. The maximum Gasteiger partial charge on any atom is 0.417 e. The summed E-state index contributed by atoms with van der Waals surface area (Å²) in [6.07, 6.45) is 16.8. The molecule has 5 N–H and O–H groups in total. The van der Waals surface area contributed by atoms with Crippen molar-refractivity contribution in [1.82, 2.24) is 9.80 Å². The van der Waals surface area contributed by atoms with Gasteiger partial charge in [0, 0.05) is 6.54 Å². The fourth-order valence-electron chi connectivity index (χ4n) is 7.83. The number of carbonyl (C=O) groups is 3. The predicted octanol–water partition coefficient (Wildman–Crippen LogP) is 9.39. The smallest absolute Gasteiger partial charge is 0.417 e. The normalized spacial score (nSPS) is 19.7. The Morgan fingerprint density at radius 1 is 0.695 bits per heavy atom. The van der Waals surface area contributed by atoms with E-state index in [1.54, 1.807) is 24.3 Å². The first-order valence-electron chi connectivity index (χ1n) is 23.4. The van der Waals surface area contributed by atoms with Gasteiger partial charge in [-0.1, -0.05) is 186 Å². The van der Waals surface area contributed by atoms with Crippen molar-refractivity contribution < 1.29 is 43.9 Å². The van der Waals surface area contributed by atoms with Crippen molar-refractivity contribution in [2.24, 2.45) is 11.7 Å². The van der Waals surface area contributed by atoms with E-state index in [0.717, 1.165) is 44.9 Å². The first-order valence-corrected chi connectivity index (χ1v) is 23.4. The molecule has 1 aliphatic heterocycles. The highest BCUT2D eigenvalue weighted by Crippen LogP contribution is 2.30. The Labute approximate surface area is 356 Å². The summed E-state index contributed by atoms with van der Waals surface area (Å²) in [6.45, 7) is 7.67. The highest BCUT2D eigenvalue weighted by molar-refractivity contribution is 5.95. The molecule has 1 heterocycles. The van der Waals surface area contributed by atoms with E-state index in [-0.39, 0.29) is 32.1 Å². The van der Waals surface area contributed by atoms with Gasteiger partial charge in [0.1, 0.15) is 31.0 Å².